The monoisotopic (exact) mass is 129 g/mol. The molecule has 0 aromatic carbocycles. The lowest BCUT2D eigenvalue weighted by Crippen LogP contribution is -2.03. The molecule has 0 N–H and O–H groups in total. The topological polar surface area (TPSA) is 95.2 Å². The van der Waals surface area contributed by atoms with Crippen LogP contribution in [0.15, 0.2) is 0 Å². The summed E-state index contributed by atoms with van der Waals surface area (Å²) >= 11 is 0. The van der Waals surface area contributed by atoms with Crippen molar-refractivity contribution in [2.24, 2.45) is 5.92 Å². The zero-order valence-electron chi connectivity index (χ0n) is 4.87. The van der Waals surface area contributed by atoms with Crippen LogP contribution in [0.3, 0.4) is 0 Å². The molecule has 0 atom stereocenters. The van der Waals surface area contributed by atoms with Gasteiger partial charge in [-0.05, 0) is 0 Å². The summed E-state index contributed by atoms with van der Waals surface area (Å²) in [5, 5.41) is 32.6. The average molecular weight is 129 g/mol. The molecule has 0 unspecified atom stereocenters. The van der Waals surface area contributed by atoms with Crippen molar-refractivity contribution in [3.05, 3.63) is 5.92 Å². The minimum atomic E-state index is -1.21. The fourth-order valence-corrected chi connectivity index (χ4v) is 0.312. The number of nitrogens with zero attached hydrogens (tertiary/aromatic N) is 4. The summed E-state index contributed by atoms with van der Waals surface area (Å²) in [5.74, 6) is -1.57. The Morgan fingerprint density at radius 2 is 1.30 bits per heavy atom. The highest BCUT2D eigenvalue weighted by atomic mass is 14.4. The normalized spacial score (nSPS) is 7.40. The van der Waals surface area contributed by atoms with E-state index in [-0.39, 0.29) is 5.92 Å². The molecule has 0 aliphatic heterocycles. The van der Waals surface area contributed by atoms with Gasteiger partial charge < -0.3 is 0 Å². The summed E-state index contributed by atoms with van der Waals surface area (Å²) in [6.45, 7) is 0. The molecule has 0 aromatic rings. The third-order valence-corrected chi connectivity index (χ3v) is 0.788. The fourth-order valence-electron chi connectivity index (χ4n) is 0.312. The van der Waals surface area contributed by atoms with Crippen LogP contribution in [0.25, 0.3) is 0 Å². The number of nitriles is 4. The Morgan fingerprint density at radius 3 is 1.40 bits per heavy atom. The molecular weight excluding hydrogens is 128 g/mol. The Kier molecular flexibility index (Phi) is 3.11. The molecule has 0 aliphatic rings. The van der Waals surface area contributed by atoms with Crippen molar-refractivity contribution in [1.29, 1.82) is 21.0 Å². The van der Waals surface area contributed by atoms with E-state index in [2.05, 4.69) is 0 Å². The standard InChI is InChI=1S/C6HN4/c7-1-5(2-8)6(3-9)4-10/h5H. The van der Waals surface area contributed by atoms with Gasteiger partial charge in [-0.1, -0.05) is 0 Å². The average Bonchev–Trinajstić information content (AvgIpc) is 2.00. The van der Waals surface area contributed by atoms with Crippen LogP contribution in [-0.2, 0) is 0 Å². The maximum Gasteiger partial charge on any atom is 0.206 e. The van der Waals surface area contributed by atoms with Gasteiger partial charge in [0.15, 0.2) is 5.92 Å². The summed E-state index contributed by atoms with van der Waals surface area (Å²) in [4.78, 5) is 0. The summed E-state index contributed by atoms with van der Waals surface area (Å²) in [6.07, 6.45) is 0. The molecule has 0 saturated carbocycles. The highest BCUT2D eigenvalue weighted by Gasteiger charge is 2.20. The van der Waals surface area contributed by atoms with E-state index in [1.165, 1.54) is 24.3 Å². The highest BCUT2D eigenvalue weighted by molar-refractivity contribution is 5.37. The highest BCUT2D eigenvalue weighted by Crippen LogP contribution is 2.09. The van der Waals surface area contributed by atoms with Gasteiger partial charge >= 0.3 is 0 Å². The molecule has 45 valence electrons. The first-order valence-corrected chi connectivity index (χ1v) is 2.26. The molecule has 4 heteroatoms. The van der Waals surface area contributed by atoms with E-state index >= 15 is 0 Å². The van der Waals surface area contributed by atoms with E-state index in [9.17, 15) is 0 Å². The molecule has 0 fully saturated rings. The molecule has 0 aromatic heterocycles. The summed E-state index contributed by atoms with van der Waals surface area (Å²) in [7, 11) is 0. The first kappa shape index (κ1) is 7.96. The van der Waals surface area contributed by atoms with E-state index in [1.54, 1.807) is 0 Å². The molecule has 0 saturated heterocycles. The maximum atomic E-state index is 8.16. The van der Waals surface area contributed by atoms with E-state index < -0.39 is 5.92 Å². The summed E-state index contributed by atoms with van der Waals surface area (Å²) < 4.78 is 0. The number of hydrogen-bond donors (Lipinski definition) is 0. The van der Waals surface area contributed by atoms with Crippen LogP contribution in [0.4, 0.5) is 0 Å². The Hall–Kier alpha value is -2.04. The predicted molar refractivity (Wildman–Crippen MR) is 29.2 cm³/mol. The second-order valence-corrected chi connectivity index (χ2v) is 1.33. The van der Waals surface area contributed by atoms with Crippen molar-refractivity contribution < 1.29 is 0 Å². The van der Waals surface area contributed by atoms with Crippen molar-refractivity contribution in [2.75, 3.05) is 0 Å². The fraction of sp³-hybridized carbons (Fsp3) is 0.167. The van der Waals surface area contributed by atoms with Crippen LogP contribution in [0.5, 0.6) is 0 Å². The quantitative estimate of drug-likeness (QED) is 0.507. The van der Waals surface area contributed by atoms with Gasteiger partial charge in [-0.15, -0.1) is 0 Å². The van der Waals surface area contributed by atoms with Gasteiger partial charge in [0.05, 0.1) is 24.3 Å². The lowest BCUT2D eigenvalue weighted by molar-refractivity contribution is 0.959. The lowest BCUT2D eigenvalue weighted by atomic mass is 9.98. The molecule has 0 amide bonds. The van der Waals surface area contributed by atoms with Gasteiger partial charge in [0, 0.05) is 0 Å². The smallest absolute Gasteiger partial charge is 0.197 e. The number of rotatable bonds is 1. The SMILES string of the molecule is N#C[C](C#N)C(C#N)C#N. The first-order valence-electron chi connectivity index (χ1n) is 2.26. The maximum absolute atomic E-state index is 8.16. The van der Waals surface area contributed by atoms with Crippen LogP contribution in [-0.4, -0.2) is 0 Å². The summed E-state index contributed by atoms with van der Waals surface area (Å²) in [5.41, 5.74) is 0. The Balaban J connectivity index is 4.40. The minimum absolute atomic E-state index is 0.356. The molecule has 0 spiro atoms. The molecule has 10 heavy (non-hydrogen) atoms. The second kappa shape index (κ2) is 3.90. The zero-order chi connectivity index (χ0) is 7.98. The third-order valence-electron chi connectivity index (χ3n) is 0.788. The molecule has 0 rings (SSSR count). The van der Waals surface area contributed by atoms with E-state index in [0.717, 1.165) is 0 Å². The van der Waals surface area contributed by atoms with Gasteiger partial charge in [0.2, 0.25) is 5.92 Å². The predicted octanol–water partition coefficient (Wildman–Crippen LogP) is 0.271. The zero-order valence-corrected chi connectivity index (χ0v) is 4.87. The largest absolute Gasteiger partial charge is 0.206 e. The van der Waals surface area contributed by atoms with Gasteiger partial charge in [0.1, 0.15) is 0 Å². The van der Waals surface area contributed by atoms with Crippen LogP contribution in [0.2, 0.25) is 0 Å². The van der Waals surface area contributed by atoms with Crippen LogP contribution in [0.1, 0.15) is 0 Å². The Bertz CT molecular complexity index is 208. The second-order valence-electron chi connectivity index (χ2n) is 1.33. The van der Waals surface area contributed by atoms with Crippen molar-refractivity contribution in [3.8, 4) is 24.3 Å². The van der Waals surface area contributed by atoms with E-state index in [1.807, 2.05) is 0 Å². The van der Waals surface area contributed by atoms with Crippen molar-refractivity contribution in [1.82, 2.24) is 0 Å². The van der Waals surface area contributed by atoms with Gasteiger partial charge in [-0.3, -0.25) is 0 Å². The first-order chi connectivity index (χ1) is 4.79. The Morgan fingerprint density at radius 1 is 0.900 bits per heavy atom. The molecule has 0 heterocycles. The van der Waals surface area contributed by atoms with E-state index in [0.29, 0.717) is 0 Å². The lowest BCUT2D eigenvalue weighted by Gasteiger charge is -1.92. The van der Waals surface area contributed by atoms with Gasteiger partial charge in [-0.25, -0.2) is 0 Å². The molecular formula is C6HN4. The third kappa shape index (κ3) is 1.48. The molecule has 0 bridgehead atoms. The molecule has 4 nitrogen and oxygen atoms in total. The van der Waals surface area contributed by atoms with Gasteiger partial charge in [0.25, 0.3) is 0 Å². The van der Waals surface area contributed by atoms with Crippen LogP contribution < -0.4 is 0 Å². The van der Waals surface area contributed by atoms with Crippen LogP contribution in [0, 0.1) is 57.2 Å². The van der Waals surface area contributed by atoms with Gasteiger partial charge in [-0.2, -0.15) is 21.0 Å². The van der Waals surface area contributed by atoms with Crippen LogP contribution >= 0.6 is 0 Å². The van der Waals surface area contributed by atoms with Crippen molar-refractivity contribution >= 4 is 0 Å². The van der Waals surface area contributed by atoms with E-state index in [4.69, 9.17) is 21.0 Å². The molecule has 1 radical (unpaired) electrons. The Labute approximate surface area is 58.1 Å². The van der Waals surface area contributed by atoms with Crippen molar-refractivity contribution in [2.45, 2.75) is 0 Å². The molecule has 0 aliphatic carbocycles. The minimum Gasteiger partial charge on any atom is -0.197 e. The number of hydrogen-bond acceptors (Lipinski definition) is 4. The van der Waals surface area contributed by atoms with Crippen molar-refractivity contribution in [3.63, 3.8) is 0 Å². The summed E-state index contributed by atoms with van der Waals surface area (Å²) in [6, 6.07) is 5.95.